The summed E-state index contributed by atoms with van der Waals surface area (Å²) in [4.78, 5) is 2.38. The Bertz CT molecular complexity index is 3140. The van der Waals surface area contributed by atoms with Gasteiger partial charge in [-0.3, -0.25) is 0 Å². The van der Waals surface area contributed by atoms with Gasteiger partial charge in [-0.05, 0) is 117 Å². The van der Waals surface area contributed by atoms with Gasteiger partial charge in [-0.2, -0.15) is 0 Å². The van der Waals surface area contributed by atoms with Gasteiger partial charge in [0.1, 0.15) is 0 Å². The Kier molecular flexibility index (Phi) is 7.55. The van der Waals surface area contributed by atoms with Crippen LogP contribution in [0.15, 0.2) is 206 Å². The number of aromatic nitrogens is 1. The highest BCUT2D eigenvalue weighted by Crippen LogP contribution is 2.50. The van der Waals surface area contributed by atoms with Gasteiger partial charge in [0, 0.05) is 38.6 Å². The van der Waals surface area contributed by atoms with Crippen LogP contribution >= 0.6 is 0 Å². The van der Waals surface area contributed by atoms with Crippen LogP contribution in [0.5, 0.6) is 0 Å². The summed E-state index contributed by atoms with van der Waals surface area (Å²) in [6.07, 6.45) is 0. The zero-order valence-electron chi connectivity index (χ0n) is 32.0. The summed E-state index contributed by atoms with van der Waals surface area (Å²) in [7, 11) is 0. The molecule has 0 fully saturated rings. The monoisotopic (exact) mass is 728 g/mol. The van der Waals surface area contributed by atoms with Gasteiger partial charge in [-0.1, -0.05) is 153 Å². The van der Waals surface area contributed by atoms with Crippen LogP contribution in [0.1, 0.15) is 25.0 Å². The molecule has 0 unspecified atom stereocenters. The van der Waals surface area contributed by atoms with Crippen LogP contribution in [0.4, 0.5) is 17.1 Å². The molecule has 1 aromatic heterocycles. The van der Waals surface area contributed by atoms with Gasteiger partial charge in [-0.25, -0.2) is 0 Å². The number of nitrogens with zero attached hydrogens (tertiary/aromatic N) is 2. The Hall–Kier alpha value is -7.16. The normalized spacial score (nSPS) is 12.9. The summed E-state index contributed by atoms with van der Waals surface area (Å²) in [6, 6.07) is 75.5. The van der Waals surface area contributed by atoms with Gasteiger partial charge in [-0.15, -0.1) is 0 Å². The van der Waals surface area contributed by atoms with E-state index in [0.717, 1.165) is 17.1 Å². The van der Waals surface area contributed by atoms with E-state index in [9.17, 15) is 0 Å². The van der Waals surface area contributed by atoms with Crippen LogP contribution in [0, 0.1) is 0 Å². The number of hydrogen-bond acceptors (Lipinski definition) is 1. The number of fused-ring (bicyclic) bond motifs is 7. The second-order valence-electron chi connectivity index (χ2n) is 15.8. The van der Waals surface area contributed by atoms with E-state index in [1.54, 1.807) is 0 Å². The van der Waals surface area contributed by atoms with Crippen LogP contribution in [0.2, 0.25) is 0 Å². The van der Waals surface area contributed by atoms with Crippen LogP contribution < -0.4 is 4.90 Å². The Morgan fingerprint density at radius 1 is 0.368 bits per heavy atom. The first-order valence-electron chi connectivity index (χ1n) is 19.8. The molecular weight excluding hydrogens is 689 g/mol. The predicted octanol–water partition coefficient (Wildman–Crippen LogP) is 15.0. The Labute approximate surface area is 333 Å². The zero-order chi connectivity index (χ0) is 38.1. The van der Waals surface area contributed by atoms with Crippen LogP contribution in [0.25, 0.3) is 71.6 Å². The summed E-state index contributed by atoms with van der Waals surface area (Å²) in [5.41, 5.74) is 17.2. The largest absolute Gasteiger partial charge is 0.310 e. The van der Waals surface area contributed by atoms with Crippen molar-refractivity contribution in [2.45, 2.75) is 19.3 Å². The number of anilines is 3. The lowest BCUT2D eigenvalue weighted by Crippen LogP contribution is -2.16. The fraction of sp³-hybridized carbons (Fsp3) is 0.0545. The van der Waals surface area contributed by atoms with Crippen molar-refractivity contribution >= 4 is 49.6 Å². The molecule has 0 N–H and O–H groups in total. The van der Waals surface area contributed by atoms with Crippen molar-refractivity contribution in [2.24, 2.45) is 0 Å². The highest BCUT2D eigenvalue weighted by molar-refractivity contribution is 6.11. The lowest BCUT2D eigenvalue weighted by atomic mass is 9.82. The molecule has 11 rings (SSSR count). The Morgan fingerprint density at radius 2 is 0.965 bits per heavy atom. The highest BCUT2D eigenvalue weighted by atomic mass is 15.1. The maximum Gasteiger partial charge on any atom is 0.0541 e. The molecule has 1 aliphatic carbocycles. The minimum Gasteiger partial charge on any atom is -0.310 e. The minimum absolute atomic E-state index is 0.0719. The van der Waals surface area contributed by atoms with E-state index in [2.05, 4.69) is 230 Å². The van der Waals surface area contributed by atoms with Crippen LogP contribution in [0.3, 0.4) is 0 Å². The van der Waals surface area contributed by atoms with Gasteiger partial charge in [0.15, 0.2) is 0 Å². The molecule has 57 heavy (non-hydrogen) atoms. The van der Waals surface area contributed by atoms with Gasteiger partial charge in [0.2, 0.25) is 0 Å². The van der Waals surface area contributed by atoms with Gasteiger partial charge >= 0.3 is 0 Å². The van der Waals surface area contributed by atoms with Crippen molar-refractivity contribution in [3.63, 3.8) is 0 Å². The molecule has 1 heterocycles. The van der Waals surface area contributed by atoms with Gasteiger partial charge in [0.05, 0.1) is 16.7 Å². The number of para-hydroxylation sites is 2. The topological polar surface area (TPSA) is 8.17 Å². The molecule has 10 aromatic rings. The molecule has 2 heteroatoms. The van der Waals surface area contributed by atoms with Crippen molar-refractivity contribution in [2.75, 3.05) is 4.90 Å². The van der Waals surface area contributed by atoms with Gasteiger partial charge < -0.3 is 9.47 Å². The quantitative estimate of drug-likeness (QED) is 0.165. The molecule has 0 atom stereocenters. The molecular formula is C55H40N2. The number of hydrogen-bond donors (Lipinski definition) is 0. The SMILES string of the molecule is CC1(C)c2ccccc2-c2ccc(N(c3ccccc3)c3ccc(-c4cccc(-c5ccc6c(c5)c5ccccc5n6-c5cccc6ccccc56)c4)cc3)cc21. The predicted molar refractivity (Wildman–Crippen MR) is 241 cm³/mol. The summed E-state index contributed by atoms with van der Waals surface area (Å²) >= 11 is 0. The first kappa shape index (κ1) is 33.2. The number of rotatable bonds is 6. The molecule has 0 amide bonds. The maximum absolute atomic E-state index is 2.43. The third kappa shape index (κ3) is 5.33. The van der Waals surface area contributed by atoms with E-state index >= 15 is 0 Å². The molecule has 0 saturated heterocycles. The van der Waals surface area contributed by atoms with Crippen molar-refractivity contribution in [3.05, 3.63) is 217 Å². The van der Waals surface area contributed by atoms with E-state index < -0.39 is 0 Å². The molecule has 270 valence electrons. The lowest BCUT2D eigenvalue weighted by molar-refractivity contribution is 0.660. The molecule has 9 aromatic carbocycles. The van der Waals surface area contributed by atoms with E-state index in [-0.39, 0.29) is 5.41 Å². The first-order chi connectivity index (χ1) is 28.0. The van der Waals surface area contributed by atoms with E-state index in [1.807, 2.05) is 0 Å². The molecule has 0 spiro atoms. The molecule has 0 radical (unpaired) electrons. The highest BCUT2D eigenvalue weighted by Gasteiger charge is 2.35. The lowest BCUT2D eigenvalue weighted by Gasteiger charge is -2.28. The summed E-state index contributed by atoms with van der Waals surface area (Å²) in [5.74, 6) is 0. The zero-order valence-corrected chi connectivity index (χ0v) is 32.0. The Balaban J connectivity index is 0.960. The number of benzene rings is 9. The van der Waals surface area contributed by atoms with E-state index in [4.69, 9.17) is 0 Å². The standard InChI is InChI=1S/C55H40N2/c1-55(2)50-23-10-8-21-46(50)47-32-31-44(36-51(47)55)56(42-18-4-3-5-19-42)43-29-26-37(27-30-43)39-16-12-17-40(34-39)41-28-33-54-49(35-41)48-22-9-11-24-53(48)57(54)52-25-13-15-38-14-6-7-20-45(38)52/h3-36H,1-2H3. The second-order valence-corrected chi connectivity index (χ2v) is 15.8. The van der Waals surface area contributed by atoms with Crippen molar-refractivity contribution in [1.82, 2.24) is 4.57 Å². The third-order valence-corrected chi connectivity index (χ3v) is 12.2. The third-order valence-electron chi connectivity index (χ3n) is 12.2. The fourth-order valence-electron chi connectivity index (χ4n) is 9.35. The molecule has 0 aliphatic heterocycles. The fourth-order valence-corrected chi connectivity index (χ4v) is 9.35. The average molecular weight is 729 g/mol. The van der Waals surface area contributed by atoms with Crippen molar-refractivity contribution in [1.29, 1.82) is 0 Å². The Morgan fingerprint density at radius 3 is 1.82 bits per heavy atom. The summed E-state index contributed by atoms with van der Waals surface area (Å²) in [5, 5.41) is 5.01. The second kappa shape index (κ2) is 13.0. The van der Waals surface area contributed by atoms with E-state index in [1.165, 1.54) is 82.8 Å². The molecule has 0 bridgehead atoms. The summed E-state index contributed by atoms with van der Waals surface area (Å²) < 4.78 is 2.43. The van der Waals surface area contributed by atoms with Crippen molar-refractivity contribution < 1.29 is 0 Å². The summed E-state index contributed by atoms with van der Waals surface area (Å²) in [6.45, 7) is 4.69. The minimum atomic E-state index is -0.0719. The first-order valence-corrected chi connectivity index (χ1v) is 19.8. The maximum atomic E-state index is 2.43. The van der Waals surface area contributed by atoms with E-state index in [0.29, 0.717) is 0 Å². The van der Waals surface area contributed by atoms with Crippen LogP contribution in [-0.4, -0.2) is 4.57 Å². The molecule has 2 nitrogen and oxygen atoms in total. The average Bonchev–Trinajstić information content (AvgIpc) is 3.72. The van der Waals surface area contributed by atoms with Crippen molar-refractivity contribution in [3.8, 4) is 39.1 Å². The smallest absolute Gasteiger partial charge is 0.0541 e. The van der Waals surface area contributed by atoms with Crippen LogP contribution in [-0.2, 0) is 5.41 Å². The molecule has 0 saturated carbocycles. The van der Waals surface area contributed by atoms with Gasteiger partial charge in [0.25, 0.3) is 0 Å². The molecule has 1 aliphatic rings.